The van der Waals surface area contributed by atoms with E-state index in [1.165, 1.54) is 7.11 Å². The van der Waals surface area contributed by atoms with E-state index in [1.54, 1.807) is 0 Å². The average Bonchev–Trinajstić information content (AvgIpc) is 2.30. The number of nitro groups is 1. The standard InChI is InChI=1S/C10H9ClFNO4/c1-17-10(14)4-8-6(5-11)2-7(13(15)16)3-9(8)12/h2-3H,4-5H2,1H3. The molecule has 0 aliphatic carbocycles. The quantitative estimate of drug-likeness (QED) is 0.360. The van der Waals surface area contributed by atoms with E-state index in [-0.39, 0.29) is 23.4 Å². The first-order valence-electron chi connectivity index (χ1n) is 4.58. The van der Waals surface area contributed by atoms with E-state index in [1.807, 2.05) is 0 Å². The molecule has 0 fully saturated rings. The van der Waals surface area contributed by atoms with Crippen LogP contribution in [-0.2, 0) is 21.8 Å². The molecule has 0 heterocycles. The zero-order valence-corrected chi connectivity index (χ0v) is 9.66. The van der Waals surface area contributed by atoms with Gasteiger partial charge in [-0.05, 0) is 5.56 Å². The van der Waals surface area contributed by atoms with Gasteiger partial charge in [-0.15, -0.1) is 11.6 Å². The highest BCUT2D eigenvalue weighted by atomic mass is 35.5. The van der Waals surface area contributed by atoms with Crippen LogP contribution in [0.3, 0.4) is 0 Å². The van der Waals surface area contributed by atoms with Crippen LogP contribution in [-0.4, -0.2) is 18.0 Å². The first-order valence-corrected chi connectivity index (χ1v) is 5.11. The Kier molecular flexibility index (Phi) is 4.39. The van der Waals surface area contributed by atoms with E-state index >= 15 is 0 Å². The molecule has 0 amide bonds. The number of halogens is 2. The van der Waals surface area contributed by atoms with Gasteiger partial charge < -0.3 is 4.74 Å². The van der Waals surface area contributed by atoms with Crippen LogP contribution >= 0.6 is 11.6 Å². The number of carbonyl (C=O) groups is 1. The van der Waals surface area contributed by atoms with Crippen LogP contribution in [0.4, 0.5) is 10.1 Å². The largest absolute Gasteiger partial charge is 0.469 e. The van der Waals surface area contributed by atoms with Crippen molar-refractivity contribution < 1.29 is 18.8 Å². The van der Waals surface area contributed by atoms with Gasteiger partial charge in [-0.2, -0.15) is 0 Å². The van der Waals surface area contributed by atoms with Gasteiger partial charge in [0.05, 0.1) is 24.5 Å². The summed E-state index contributed by atoms with van der Waals surface area (Å²) in [5, 5.41) is 10.5. The SMILES string of the molecule is COC(=O)Cc1c(F)cc([N+](=O)[O-])cc1CCl. The van der Waals surface area contributed by atoms with Crippen molar-refractivity contribution >= 4 is 23.3 Å². The maximum Gasteiger partial charge on any atom is 0.310 e. The molecule has 5 nitrogen and oxygen atoms in total. The van der Waals surface area contributed by atoms with Crippen molar-refractivity contribution in [3.05, 3.63) is 39.2 Å². The van der Waals surface area contributed by atoms with Gasteiger partial charge in [0.15, 0.2) is 0 Å². The van der Waals surface area contributed by atoms with E-state index < -0.39 is 22.4 Å². The monoisotopic (exact) mass is 261 g/mol. The number of esters is 1. The molecule has 0 spiro atoms. The van der Waals surface area contributed by atoms with Crippen LogP contribution in [0.5, 0.6) is 0 Å². The molecule has 0 unspecified atom stereocenters. The fourth-order valence-electron chi connectivity index (χ4n) is 1.32. The zero-order valence-electron chi connectivity index (χ0n) is 8.91. The van der Waals surface area contributed by atoms with Gasteiger partial charge in [-0.3, -0.25) is 14.9 Å². The van der Waals surface area contributed by atoms with Crippen molar-refractivity contribution in [2.45, 2.75) is 12.3 Å². The highest BCUT2D eigenvalue weighted by Gasteiger charge is 2.18. The third-order valence-corrected chi connectivity index (χ3v) is 2.46. The van der Waals surface area contributed by atoms with Crippen molar-refractivity contribution in [2.75, 3.05) is 7.11 Å². The molecule has 1 rings (SSSR count). The minimum Gasteiger partial charge on any atom is -0.469 e. The molecule has 0 aliphatic heterocycles. The molecule has 0 aliphatic rings. The highest BCUT2D eigenvalue weighted by molar-refractivity contribution is 6.17. The van der Waals surface area contributed by atoms with Crippen LogP contribution in [0.15, 0.2) is 12.1 Å². The van der Waals surface area contributed by atoms with Gasteiger partial charge >= 0.3 is 5.97 Å². The van der Waals surface area contributed by atoms with Crippen molar-refractivity contribution in [3.63, 3.8) is 0 Å². The molecule has 0 radical (unpaired) electrons. The second-order valence-electron chi connectivity index (χ2n) is 3.21. The number of benzene rings is 1. The summed E-state index contributed by atoms with van der Waals surface area (Å²) in [5.41, 5.74) is -0.159. The number of hydrogen-bond donors (Lipinski definition) is 0. The van der Waals surface area contributed by atoms with E-state index in [2.05, 4.69) is 4.74 Å². The number of nitro benzene ring substituents is 1. The van der Waals surface area contributed by atoms with Crippen molar-refractivity contribution in [1.82, 2.24) is 0 Å². The van der Waals surface area contributed by atoms with Gasteiger partial charge in [-0.25, -0.2) is 4.39 Å². The van der Waals surface area contributed by atoms with Gasteiger partial charge in [0.25, 0.3) is 5.69 Å². The zero-order chi connectivity index (χ0) is 13.0. The molecule has 1 aromatic carbocycles. The summed E-state index contributed by atoms with van der Waals surface area (Å²) in [5.74, 6) is -1.59. The van der Waals surface area contributed by atoms with Gasteiger partial charge in [0.2, 0.25) is 0 Å². The Bertz CT molecular complexity index is 464. The smallest absolute Gasteiger partial charge is 0.310 e. The Morgan fingerprint density at radius 1 is 1.59 bits per heavy atom. The summed E-state index contributed by atoms with van der Waals surface area (Å²) in [6.45, 7) is 0. The molecule has 0 N–H and O–H groups in total. The molecule has 17 heavy (non-hydrogen) atoms. The van der Waals surface area contributed by atoms with E-state index in [4.69, 9.17) is 11.6 Å². The second kappa shape index (κ2) is 5.58. The van der Waals surface area contributed by atoms with E-state index in [0.29, 0.717) is 0 Å². The topological polar surface area (TPSA) is 69.4 Å². The number of ether oxygens (including phenoxy) is 1. The van der Waals surface area contributed by atoms with Gasteiger partial charge in [-0.1, -0.05) is 0 Å². The second-order valence-corrected chi connectivity index (χ2v) is 3.48. The Morgan fingerprint density at radius 3 is 2.71 bits per heavy atom. The predicted octanol–water partition coefficient (Wildman–Crippen LogP) is 2.19. The lowest BCUT2D eigenvalue weighted by Gasteiger charge is -2.07. The maximum absolute atomic E-state index is 13.6. The fraction of sp³-hybridized carbons (Fsp3) is 0.300. The molecule has 0 saturated heterocycles. The summed E-state index contributed by atoms with van der Waals surface area (Å²) in [6, 6.07) is 1.91. The minimum atomic E-state index is -0.833. The van der Waals surface area contributed by atoms with E-state index in [9.17, 15) is 19.3 Å². The summed E-state index contributed by atoms with van der Waals surface area (Å²) < 4.78 is 18.0. The lowest BCUT2D eigenvalue weighted by molar-refractivity contribution is -0.385. The molecule has 0 atom stereocenters. The number of carbonyl (C=O) groups excluding carboxylic acids is 1. The molecule has 1 aromatic rings. The van der Waals surface area contributed by atoms with Crippen molar-refractivity contribution in [1.29, 1.82) is 0 Å². The molecule has 7 heteroatoms. The van der Waals surface area contributed by atoms with E-state index in [0.717, 1.165) is 12.1 Å². The number of methoxy groups -OCH3 is 1. The Morgan fingerprint density at radius 2 is 2.24 bits per heavy atom. The van der Waals surface area contributed by atoms with Gasteiger partial charge in [0, 0.05) is 17.5 Å². The predicted molar refractivity (Wildman–Crippen MR) is 58.3 cm³/mol. The van der Waals surface area contributed by atoms with Crippen LogP contribution in [0.2, 0.25) is 0 Å². The summed E-state index contributed by atoms with van der Waals surface area (Å²) >= 11 is 5.57. The fourth-order valence-corrected chi connectivity index (χ4v) is 1.56. The minimum absolute atomic E-state index is 0.0254. The van der Waals surface area contributed by atoms with Crippen LogP contribution in [0, 0.1) is 15.9 Å². The third-order valence-electron chi connectivity index (χ3n) is 2.18. The first kappa shape index (κ1) is 13.4. The lowest BCUT2D eigenvalue weighted by atomic mass is 10.0. The molecule has 0 bridgehead atoms. The summed E-state index contributed by atoms with van der Waals surface area (Å²) in [4.78, 5) is 20.8. The third kappa shape index (κ3) is 3.13. The van der Waals surface area contributed by atoms with Gasteiger partial charge in [0.1, 0.15) is 5.82 Å². The molecule has 92 valence electrons. The Labute approximate surface area is 101 Å². The van der Waals surface area contributed by atoms with Crippen LogP contribution < -0.4 is 0 Å². The molecular formula is C10H9ClFNO4. The Balaban J connectivity index is 3.21. The molecule has 0 saturated carbocycles. The molecule has 0 aromatic heterocycles. The summed E-state index contributed by atoms with van der Waals surface area (Å²) in [7, 11) is 1.17. The number of nitrogens with zero attached hydrogens (tertiary/aromatic N) is 1. The number of alkyl halides is 1. The lowest BCUT2D eigenvalue weighted by Crippen LogP contribution is -2.09. The van der Waals surface area contributed by atoms with Crippen molar-refractivity contribution in [2.24, 2.45) is 0 Å². The maximum atomic E-state index is 13.6. The van der Waals surface area contributed by atoms with Crippen LogP contribution in [0.1, 0.15) is 11.1 Å². The normalized spacial score (nSPS) is 10.1. The Hall–Kier alpha value is -1.69. The number of rotatable bonds is 4. The average molecular weight is 262 g/mol. The van der Waals surface area contributed by atoms with Crippen molar-refractivity contribution in [3.8, 4) is 0 Å². The summed E-state index contributed by atoms with van der Waals surface area (Å²) in [6.07, 6.45) is -0.303. The highest BCUT2D eigenvalue weighted by Crippen LogP contribution is 2.23. The van der Waals surface area contributed by atoms with Crippen LogP contribution in [0.25, 0.3) is 0 Å². The first-order chi connectivity index (χ1) is 7.99. The number of hydrogen-bond acceptors (Lipinski definition) is 4. The number of non-ortho nitro benzene ring substituents is 1. The molecular weight excluding hydrogens is 253 g/mol.